The van der Waals surface area contributed by atoms with Crippen LogP contribution in [-0.2, 0) is 16.4 Å². The number of hydrogen-bond donors (Lipinski definition) is 2. The van der Waals surface area contributed by atoms with E-state index in [4.69, 9.17) is 5.73 Å². The van der Waals surface area contributed by atoms with E-state index in [2.05, 4.69) is 11.0 Å². The fourth-order valence-corrected chi connectivity index (χ4v) is 5.79. The van der Waals surface area contributed by atoms with Crippen LogP contribution in [0.4, 0.5) is 0 Å². The van der Waals surface area contributed by atoms with Gasteiger partial charge < -0.3 is 5.73 Å². The highest BCUT2D eigenvalue weighted by Gasteiger charge is 2.28. The van der Waals surface area contributed by atoms with Gasteiger partial charge in [0.05, 0.1) is 0 Å². The molecule has 1 fully saturated rings. The van der Waals surface area contributed by atoms with Crippen molar-refractivity contribution >= 4 is 33.1 Å². The molecule has 7 heteroatoms. The second-order valence-electron chi connectivity index (χ2n) is 4.75. The van der Waals surface area contributed by atoms with Gasteiger partial charge in [0.2, 0.25) is 10.0 Å². The maximum absolute atomic E-state index is 12.3. The maximum Gasteiger partial charge on any atom is 0.250 e. The molecule has 1 aromatic rings. The largest absolute Gasteiger partial charge is 0.330 e. The van der Waals surface area contributed by atoms with E-state index in [1.165, 1.54) is 11.3 Å². The van der Waals surface area contributed by atoms with Crippen molar-refractivity contribution in [3.05, 3.63) is 17.0 Å². The van der Waals surface area contributed by atoms with Crippen LogP contribution in [0.25, 0.3) is 0 Å². The van der Waals surface area contributed by atoms with Gasteiger partial charge in [-0.05, 0) is 50.6 Å². The normalized spacial score (nSPS) is 23.9. The lowest BCUT2D eigenvalue weighted by atomic mass is 10.3. The van der Waals surface area contributed by atoms with Crippen molar-refractivity contribution in [1.29, 1.82) is 0 Å². The Kier molecular flexibility index (Phi) is 5.30. The maximum atomic E-state index is 12.3. The molecule has 1 saturated carbocycles. The Morgan fingerprint density at radius 3 is 2.89 bits per heavy atom. The average Bonchev–Trinajstić information content (AvgIpc) is 2.98. The monoisotopic (exact) mass is 320 g/mol. The molecule has 19 heavy (non-hydrogen) atoms. The highest BCUT2D eigenvalue weighted by atomic mass is 32.2. The molecule has 1 heterocycles. The molecule has 1 aliphatic carbocycles. The van der Waals surface area contributed by atoms with Gasteiger partial charge in [-0.25, -0.2) is 13.1 Å². The van der Waals surface area contributed by atoms with Crippen molar-refractivity contribution in [2.75, 3.05) is 12.8 Å². The first kappa shape index (κ1) is 15.3. The van der Waals surface area contributed by atoms with Crippen molar-refractivity contribution in [3.63, 3.8) is 0 Å². The Balaban J connectivity index is 2.01. The van der Waals surface area contributed by atoms with Gasteiger partial charge in [-0.3, -0.25) is 0 Å². The predicted molar refractivity (Wildman–Crippen MR) is 82.3 cm³/mol. The predicted octanol–water partition coefficient (Wildman–Crippen LogP) is 1.81. The van der Waals surface area contributed by atoms with E-state index < -0.39 is 10.0 Å². The third-order valence-electron chi connectivity index (χ3n) is 3.33. The van der Waals surface area contributed by atoms with E-state index in [1.807, 2.05) is 17.8 Å². The van der Waals surface area contributed by atoms with Crippen molar-refractivity contribution < 1.29 is 8.42 Å². The van der Waals surface area contributed by atoms with E-state index in [9.17, 15) is 8.42 Å². The summed E-state index contributed by atoms with van der Waals surface area (Å²) in [5.74, 6) is 0. The molecule has 0 radical (unpaired) electrons. The minimum absolute atomic E-state index is 0.0857. The Hall–Kier alpha value is -0.0800. The zero-order valence-electron chi connectivity index (χ0n) is 11.0. The molecule has 0 aromatic carbocycles. The second-order valence-corrected chi connectivity index (χ2v) is 9.00. The van der Waals surface area contributed by atoms with Crippen LogP contribution in [0, 0.1) is 0 Å². The molecule has 2 atom stereocenters. The lowest BCUT2D eigenvalue weighted by molar-refractivity contribution is 0.554. The zero-order valence-corrected chi connectivity index (χ0v) is 13.4. The van der Waals surface area contributed by atoms with Gasteiger partial charge in [0.25, 0.3) is 0 Å². The Labute approximate surface area is 123 Å². The molecule has 0 amide bonds. The highest BCUT2D eigenvalue weighted by Crippen LogP contribution is 2.30. The molecule has 4 nitrogen and oxygen atoms in total. The van der Waals surface area contributed by atoms with Gasteiger partial charge in [0, 0.05) is 16.2 Å². The van der Waals surface area contributed by atoms with Crippen LogP contribution in [0.15, 0.2) is 16.3 Å². The number of thioether (sulfide) groups is 1. The summed E-state index contributed by atoms with van der Waals surface area (Å²) in [4.78, 5) is 1.02. The summed E-state index contributed by atoms with van der Waals surface area (Å²) in [5, 5.41) is 0.587. The van der Waals surface area contributed by atoms with E-state index in [0.717, 1.165) is 30.6 Å². The summed E-state index contributed by atoms with van der Waals surface area (Å²) in [6, 6.07) is 3.62. The molecular weight excluding hydrogens is 300 g/mol. The summed E-state index contributed by atoms with van der Waals surface area (Å²) in [7, 11) is -3.35. The van der Waals surface area contributed by atoms with Crippen molar-refractivity contribution in [3.8, 4) is 0 Å². The molecule has 0 bridgehead atoms. The first-order valence-corrected chi connectivity index (χ1v) is 9.98. The summed E-state index contributed by atoms with van der Waals surface area (Å²) in [6.07, 6.45) is 5.78. The van der Waals surface area contributed by atoms with Crippen LogP contribution in [-0.4, -0.2) is 32.5 Å². The fraction of sp³-hybridized carbons (Fsp3) is 0.667. The molecule has 1 aromatic heterocycles. The Morgan fingerprint density at radius 2 is 2.26 bits per heavy atom. The van der Waals surface area contributed by atoms with Crippen molar-refractivity contribution in [2.24, 2.45) is 5.73 Å². The lowest BCUT2D eigenvalue weighted by Crippen LogP contribution is -2.32. The summed E-state index contributed by atoms with van der Waals surface area (Å²) < 4.78 is 27.8. The standard InChI is InChI=1S/C12H20N2O2S3/c1-17-11-3-2-9(8-11)14-19(15,16)12-5-4-10(18-12)6-7-13/h4-5,9,11,14H,2-3,6-8,13H2,1H3. The minimum atomic E-state index is -3.35. The van der Waals surface area contributed by atoms with E-state index in [0.29, 0.717) is 16.0 Å². The van der Waals surface area contributed by atoms with E-state index in [1.54, 1.807) is 6.07 Å². The average molecular weight is 321 g/mol. The quantitative estimate of drug-likeness (QED) is 0.838. The molecule has 2 rings (SSSR count). The van der Waals surface area contributed by atoms with Gasteiger partial charge in [0.1, 0.15) is 4.21 Å². The van der Waals surface area contributed by atoms with Gasteiger partial charge in [-0.1, -0.05) is 0 Å². The number of nitrogens with one attached hydrogen (secondary N) is 1. The fourth-order valence-electron chi connectivity index (χ4n) is 2.32. The Morgan fingerprint density at radius 1 is 1.47 bits per heavy atom. The third kappa shape index (κ3) is 3.95. The molecule has 0 aliphatic heterocycles. The first-order valence-electron chi connectivity index (χ1n) is 6.39. The molecule has 2 unspecified atom stereocenters. The van der Waals surface area contributed by atoms with Crippen molar-refractivity contribution in [2.45, 2.75) is 41.2 Å². The van der Waals surface area contributed by atoms with E-state index in [-0.39, 0.29) is 6.04 Å². The zero-order chi connectivity index (χ0) is 13.9. The van der Waals surface area contributed by atoms with Crippen LogP contribution in [0.5, 0.6) is 0 Å². The molecule has 3 N–H and O–H groups in total. The molecular formula is C12H20N2O2S3. The summed E-state index contributed by atoms with van der Waals surface area (Å²) in [5.41, 5.74) is 5.48. The SMILES string of the molecule is CSC1CCC(NS(=O)(=O)c2ccc(CCN)s2)C1. The highest BCUT2D eigenvalue weighted by molar-refractivity contribution is 7.99. The molecule has 0 saturated heterocycles. The smallest absolute Gasteiger partial charge is 0.250 e. The van der Waals surface area contributed by atoms with Crippen molar-refractivity contribution in [1.82, 2.24) is 4.72 Å². The van der Waals surface area contributed by atoms with Gasteiger partial charge >= 0.3 is 0 Å². The van der Waals surface area contributed by atoms with Crippen LogP contribution in [0.3, 0.4) is 0 Å². The number of hydrogen-bond acceptors (Lipinski definition) is 5. The third-order valence-corrected chi connectivity index (χ3v) is 7.58. The number of sulfonamides is 1. The van der Waals surface area contributed by atoms with Gasteiger partial charge in [-0.2, -0.15) is 11.8 Å². The second kappa shape index (κ2) is 6.58. The molecule has 1 aliphatic rings. The molecule has 0 spiro atoms. The van der Waals surface area contributed by atoms with E-state index >= 15 is 0 Å². The van der Waals surface area contributed by atoms with Crippen LogP contribution in [0.1, 0.15) is 24.1 Å². The topological polar surface area (TPSA) is 72.2 Å². The van der Waals surface area contributed by atoms with Crippen LogP contribution in [0.2, 0.25) is 0 Å². The Bertz CT molecular complexity index is 513. The van der Waals surface area contributed by atoms with Gasteiger partial charge in [-0.15, -0.1) is 11.3 Å². The first-order chi connectivity index (χ1) is 9.05. The van der Waals surface area contributed by atoms with Crippen LogP contribution < -0.4 is 10.5 Å². The number of thiophene rings is 1. The summed E-state index contributed by atoms with van der Waals surface area (Å²) >= 11 is 3.14. The number of nitrogens with two attached hydrogens (primary N) is 1. The summed E-state index contributed by atoms with van der Waals surface area (Å²) in [6.45, 7) is 0.547. The lowest BCUT2D eigenvalue weighted by Gasteiger charge is -2.12. The van der Waals surface area contributed by atoms with Crippen LogP contribution >= 0.6 is 23.1 Å². The minimum Gasteiger partial charge on any atom is -0.330 e. The van der Waals surface area contributed by atoms with Gasteiger partial charge in [0.15, 0.2) is 0 Å². The number of rotatable bonds is 6. The molecule has 108 valence electrons.